The first-order chi connectivity index (χ1) is 11.5. The first-order valence-electron chi connectivity index (χ1n) is 7.76. The Bertz CT molecular complexity index is 684. The molecule has 1 aromatic rings. The topological polar surface area (TPSA) is 73.9 Å². The Hall–Kier alpha value is -2.21. The van der Waals surface area contributed by atoms with Gasteiger partial charge in [0.15, 0.2) is 18.1 Å². The fourth-order valence-corrected chi connectivity index (χ4v) is 2.72. The van der Waals surface area contributed by atoms with E-state index in [4.69, 9.17) is 25.8 Å². The predicted octanol–water partition coefficient (Wildman–Crippen LogP) is 2.54. The molecule has 1 aliphatic carbocycles. The van der Waals surface area contributed by atoms with E-state index < -0.39 is 5.97 Å². The van der Waals surface area contributed by atoms with E-state index in [1.807, 2.05) is 6.92 Å². The van der Waals surface area contributed by atoms with Crippen molar-refractivity contribution in [1.29, 1.82) is 0 Å². The maximum atomic E-state index is 11.7. The molecule has 0 saturated heterocycles. The largest absolute Gasteiger partial charge is 0.454 e. The van der Waals surface area contributed by atoms with E-state index in [2.05, 4.69) is 5.32 Å². The SMILES string of the molecule is C[C@@H](NC(=O)COC(=O)/C=C/c1cc(Cl)c2c(c1)OCO2)C1CC1. The van der Waals surface area contributed by atoms with Crippen molar-refractivity contribution in [3.63, 3.8) is 0 Å². The number of fused-ring (bicyclic) bond motifs is 1. The van der Waals surface area contributed by atoms with Crippen molar-refractivity contribution < 1.29 is 23.8 Å². The molecule has 1 N–H and O–H groups in total. The number of hydrogen-bond acceptors (Lipinski definition) is 5. The van der Waals surface area contributed by atoms with Crippen LogP contribution in [0.4, 0.5) is 0 Å². The summed E-state index contributed by atoms with van der Waals surface area (Å²) in [5.41, 5.74) is 0.674. The maximum absolute atomic E-state index is 11.7. The van der Waals surface area contributed by atoms with E-state index in [1.165, 1.54) is 6.08 Å². The Morgan fingerprint density at radius 3 is 2.96 bits per heavy atom. The number of carbonyl (C=O) groups excluding carboxylic acids is 2. The molecule has 7 heteroatoms. The third-order valence-corrected chi connectivity index (χ3v) is 4.21. The minimum Gasteiger partial charge on any atom is -0.454 e. The standard InChI is InChI=1S/C17H18ClNO5/c1-10(12-3-4-12)19-15(20)8-22-16(21)5-2-11-6-13(18)17-14(7-11)23-9-24-17/h2,5-7,10,12H,3-4,8-9H2,1H3,(H,19,20)/b5-2+/t10-/m1/s1. The number of amides is 1. The van der Waals surface area contributed by atoms with Crippen molar-refractivity contribution in [3.8, 4) is 11.5 Å². The first kappa shape index (κ1) is 16.6. The van der Waals surface area contributed by atoms with Crippen LogP contribution in [0.25, 0.3) is 6.08 Å². The average molecular weight is 352 g/mol. The zero-order chi connectivity index (χ0) is 17.1. The lowest BCUT2D eigenvalue weighted by Gasteiger charge is -2.12. The van der Waals surface area contributed by atoms with E-state index in [0.717, 1.165) is 12.8 Å². The summed E-state index contributed by atoms with van der Waals surface area (Å²) in [6.07, 6.45) is 5.07. The van der Waals surface area contributed by atoms with Crippen molar-refractivity contribution in [2.24, 2.45) is 5.92 Å². The third kappa shape index (κ3) is 4.20. The molecular weight excluding hydrogens is 334 g/mol. The van der Waals surface area contributed by atoms with Gasteiger partial charge in [-0.25, -0.2) is 4.79 Å². The zero-order valence-electron chi connectivity index (χ0n) is 13.2. The Morgan fingerprint density at radius 1 is 1.42 bits per heavy atom. The van der Waals surface area contributed by atoms with Gasteiger partial charge in [-0.3, -0.25) is 4.79 Å². The van der Waals surface area contributed by atoms with Crippen LogP contribution >= 0.6 is 11.6 Å². The minimum absolute atomic E-state index is 0.124. The van der Waals surface area contributed by atoms with Crippen LogP contribution < -0.4 is 14.8 Å². The number of carbonyl (C=O) groups is 2. The fourth-order valence-electron chi connectivity index (χ4n) is 2.44. The molecule has 0 radical (unpaired) electrons. The summed E-state index contributed by atoms with van der Waals surface area (Å²) < 4.78 is 15.4. The molecule has 3 rings (SSSR count). The van der Waals surface area contributed by atoms with Gasteiger partial charge in [0.25, 0.3) is 5.91 Å². The van der Waals surface area contributed by atoms with Gasteiger partial charge in [-0.2, -0.15) is 0 Å². The molecule has 2 aliphatic rings. The lowest BCUT2D eigenvalue weighted by molar-refractivity contribution is -0.144. The normalized spacial score (nSPS) is 16.9. The van der Waals surface area contributed by atoms with E-state index in [0.29, 0.717) is 28.0 Å². The maximum Gasteiger partial charge on any atom is 0.331 e. The van der Waals surface area contributed by atoms with Crippen LogP contribution in [-0.4, -0.2) is 31.3 Å². The van der Waals surface area contributed by atoms with Crippen molar-refractivity contribution >= 4 is 29.6 Å². The molecule has 1 heterocycles. The van der Waals surface area contributed by atoms with Crippen LogP contribution in [0.2, 0.25) is 5.02 Å². The average Bonchev–Trinajstić information content (AvgIpc) is 3.29. The van der Waals surface area contributed by atoms with Gasteiger partial charge in [0.1, 0.15) is 0 Å². The van der Waals surface area contributed by atoms with Gasteiger partial charge in [-0.05, 0) is 49.5 Å². The number of benzene rings is 1. The number of rotatable bonds is 6. The monoisotopic (exact) mass is 351 g/mol. The van der Waals surface area contributed by atoms with Crippen LogP contribution in [0.3, 0.4) is 0 Å². The number of ether oxygens (including phenoxy) is 3. The quantitative estimate of drug-likeness (QED) is 0.629. The first-order valence-corrected chi connectivity index (χ1v) is 8.14. The highest BCUT2D eigenvalue weighted by molar-refractivity contribution is 6.32. The van der Waals surface area contributed by atoms with Gasteiger partial charge >= 0.3 is 5.97 Å². The lowest BCUT2D eigenvalue weighted by Crippen LogP contribution is -2.36. The molecule has 24 heavy (non-hydrogen) atoms. The van der Waals surface area contributed by atoms with Gasteiger partial charge in [0.05, 0.1) is 5.02 Å². The third-order valence-electron chi connectivity index (χ3n) is 3.92. The van der Waals surface area contributed by atoms with Gasteiger partial charge < -0.3 is 19.5 Å². The highest BCUT2D eigenvalue weighted by Gasteiger charge is 2.28. The molecule has 1 saturated carbocycles. The molecule has 1 amide bonds. The Morgan fingerprint density at radius 2 is 2.21 bits per heavy atom. The summed E-state index contributed by atoms with van der Waals surface area (Å²) >= 11 is 6.06. The van der Waals surface area contributed by atoms with Crippen LogP contribution in [0, 0.1) is 5.92 Å². The lowest BCUT2D eigenvalue weighted by atomic mass is 10.2. The van der Waals surface area contributed by atoms with E-state index >= 15 is 0 Å². The summed E-state index contributed by atoms with van der Waals surface area (Å²) in [6.45, 7) is 1.79. The molecule has 1 aromatic carbocycles. The number of nitrogens with one attached hydrogen (secondary N) is 1. The van der Waals surface area contributed by atoms with Crippen molar-refractivity contribution in [2.45, 2.75) is 25.8 Å². The zero-order valence-corrected chi connectivity index (χ0v) is 14.0. The highest BCUT2D eigenvalue weighted by Crippen LogP contribution is 2.40. The molecule has 0 aromatic heterocycles. The Balaban J connectivity index is 1.48. The van der Waals surface area contributed by atoms with E-state index in [9.17, 15) is 9.59 Å². The predicted molar refractivity (Wildman–Crippen MR) is 87.9 cm³/mol. The summed E-state index contributed by atoms with van der Waals surface area (Å²) in [6, 6.07) is 3.49. The molecule has 0 unspecified atom stereocenters. The van der Waals surface area contributed by atoms with Crippen molar-refractivity contribution in [2.75, 3.05) is 13.4 Å². The fraction of sp³-hybridized carbons (Fsp3) is 0.412. The molecule has 0 bridgehead atoms. The smallest absolute Gasteiger partial charge is 0.331 e. The van der Waals surface area contributed by atoms with Crippen LogP contribution in [0.15, 0.2) is 18.2 Å². The molecule has 1 aliphatic heterocycles. The van der Waals surface area contributed by atoms with Gasteiger partial charge in [0.2, 0.25) is 6.79 Å². The van der Waals surface area contributed by atoms with Crippen molar-refractivity contribution in [1.82, 2.24) is 5.32 Å². The summed E-state index contributed by atoms with van der Waals surface area (Å²) in [7, 11) is 0. The van der Waals surface area contributed by atoms with E-state index in [-0.39, 0.29) is 25.3 Å². The minimum atomic E-state index is -0.599. The number of halogens is 1. The molecule has 1 fully saturated rings. The highest BCUT2D eigenvalue weighted by atomic mass is 35.5. The summed E-state index contributed by atoms with van der Waals surface area (Å²) in [5.74, 6) is 0.697. The Labute approximate surface area is 144 Å². The summed E-state index contributed by atoms with van der Waals surface area (Å²) in [5, 5.41) is 3.23. The van der Waals surface area contributed by atoms with Crippen LogP contribution in [-0.2, 0) is 14.3 Å². The van der Waals surface area contributed by atoms with Crippen molar-refractivity contribution in [3.05, 3.63) is 28.8 Å². The number of hydrogen-bond donors (Lipinski definition) is 1. The second-order valence-electron chi connectivity index (χ2n) is 5.87. The molecule has 1 atom stereocenters. The summed E-state index contributed by atoms with van der Waals surface area (Å²) in [4.78, 5) is 23.4. The van der Waals surface area contributed by atoms with Gasteiger partial charge in [-0.15, -0.1) is 0 Å². The molecule has 128 valence electrons. The second-order valence-corrected chi connectivity index (χ2v) is 6.28. The number of esters is 1. The Kier molecular flexibility index (Phi) is 4.94. The molecular formula is C17H18ClNO5. The van der Waals surface area contributed by atoms with Crippen LogP contribution in [0.5, 0.6) is 11.5 Å². The van der Waals surface area contributed by atoms with E-state index in [1.54, 1.807) is 18.2 Å². The van der Waals surface area contributed by atoms with Gasteiger partial charge in [0, 0.05) is 12.1 Å². The molecule has 0 spiro atoms. The van der Waals surface area contributed by atoms with Gasteiger partial charge in [-0.1, -0.05) is 11.6 Å². The molecule has 6 nitrogen and oxygen atoms in total. The second kappa shape index (κ2) is 7.13. The van der Waals surface area contributed by atoms with Crippen LogP contribution in [0.1, 0.15) is 25.3 Å².